The van der Waals surface area contributed by atoms with Crippen LogP contribution in [0, 0.1) is 5.92 Å². The Morgan fingerprint density at radius 2 is 2.22 bits per heavy atom. The summed E-state index contributed by atoms with van der Waals surface area (Å²) in [5.74, 6) is 0.481. The fourth-order valence-corrected chi connectivity index (χ4v) is 1.16. The van der Waals surface area contributed by atoms with Crippen molar-refractivity contribution in [2.75, 3.05) is 0 Å². The maximum atomic E-state index is 9.52. The topological polar surface area (TPSA) is 20.2 Å². The van der Waals surface area contributed by atoms with Crippen molar-refractivity contribution in [1.29, 1.82) is 0 Å². The molecule has 0 aromatic carbocycles. The van der Waals surface area contributed by atoms with Gasteiger partial charge in [-0.1, -0.05) is 12.5 Å². The summed E-state index contributed by atoms with van der Waals surface area (Å²) in [6.45, 7) is 5.42. The highest BCUT2D eigenvalue weighted by atomic mass is 16.3. The van der Waals surface area contributed by atoms with E-state index >= 15 is 0 Å². The molecule has 0 bridgehead atoms. The summed E-state index contributed by atoms with van der Waals surface area (Å²) in [6, 6.07) is 0. The first-order valence-corrected chi connectivity index (χ1v) is 3.53. The van der Waals surface area contributed by atoms with Crippen LogP contribution in [0.4, 0.5) is 0 Å². The zero-order valence-electron chi connectivity index (χ0n) is 5.93. The van der Waals surface area contributed by atoms with Gasteiger partial charge in [0.25, 0.3) is 0 Å². The highest BCUT2D eigenvalue weighted by Gasteiger charge is 2.32. The van der Waals surface area contributed by atoms with E-state index in [1.807, 2.05) is 6.92 Å². The van der Waals surface area contributed by atoms with Crippen molar-refractivity contribution < 1.29 is 5.11 Å². The summed E-state index contributed by atoms with van der Waals surface area (Å²) in [5.41, 5.74) is -0.599. The Labute approximate surface area is 56.4 Å². The SMILES string of the molecule is C=CC(C)(O)C1CCC1. The zero-order chi connectivity index (χ0) is 6.91. The van der Waals surface area contributed by atoms with Gasteiger partial charge in [0.2, 0.25) is 0 Å². The Hall–Kier alpha value is -0.300. The second-order valence-corrected chi connectivity index (χ2v) is 3.06. The van der Waals surface area contributed by atoms with Gasteiger partial charge in [0, 0.05) is 0 Å². The van der Waals surface area contributed by atoms with E-state index < -0.39 is 5.60 Å². The van der Waals surface area contributed by atoms with E-state index in [0.29, 0.717) is 5.92 Å². The molecule has 0 heterocycles. The van der Waals surface area contributed by atoms with Gasteiger partial charge in [0.05, 0.1) is 5.60 Å². The van der Waals surface area contributed by atoms with Crippen molar-refractivity contribution in [3.63, 3.8) is 0 Å². The molecule has 0 saturated heterocycles. The van der Waals surface area contributed by atoms with Gasteiger partial charge in [-0.05, 0) is 25.7 Å². The average molecular weight is 126 g/mol. The van der Waals surface area contributed by atoms with Crippen LogP contribution in [0.1, 0.15) is 26.2 Å². The molecule has 0 radical (unpaired) electrons. The molecule has 1 nitrogen and oxygen atoms in total. The Kier molecular flexibility index (Phi) is 1.62. The quantitative estimate of drug-likeness (QED) is 0.558. The molecule has 0 amide bonds. The Morgan fingerprint density at radius 3 is 2.33 bits per heavy atom. The molecular formula is C8H14O. The van der Waals surface area contributed by atoms with E-state index in [2.05, 4.69) is 6.58 Å². The lowest BCUT2D eigenvalue weighted by Crippen LogP contribution is -2.36. The summed E-state index contributed by atoms with van der Waals surface area (Å²) in [7, 11) is 0. The van der Waals surface area contributed by atoms with E-state index in [4.69, 9.17) is 0 Å². The number of hydrogen-bond acceptors (Lipinski definition) is 1. The van der Waals surface area contributed by atoms with E-state index in [9.17, 15) is 5.11 Å². The average Bonchev–Trinajstić information content (AvgIpc) is 1.60. The predicted molar refractivity (Wildman–Crippen MR) is 38.2 cm³/mol. The van der Waals surface area contributed by atoms with Crippen LogP contribution in [-0.4, -0.2) is 10.7 Å². The summed E-state index contributed by atoms with van der Waals surface area (Å²) in [6.07, 6.45) is 5.25. The first kappa shape index (κ1) is 6.81. The third kappa shape index (κ3) is 1.16. The lowest BCUT2D eigenvalue weighted by atomic mass is 9.74. The summed E-state index contributed by atoms with van der Waals surface area (Å²) in [5, 5.41) is 9.52. The first-order chi connectivity index (χ1) is 4.17. The molecule has 1 fully saturated rings. The molecule has 0 spiro atoms. The van der Waals surface area contributed by atoms with Crippen LogP contribution >= 0.6 is 0 Å². The number of hydrogen-bond donors (Lipinski definition) is 1. The van der Waals surface area contributed by atoms with Crippen molar-refractivity contribution >= 4 is 0 Å². The van der Waals surface area contributed by atoms with Crippen molar-refractivity contribution in [1.82, 2.24) is 0 Å². The van der Waals surface area contributed by atoms with Crippen LogP contribution in [0.5, 0.6) is 0 Å². The predicted octanol–water partition coefficient (Wildman–Crippen LogP) is 1.72. The zero-order valence-corrected chi connectivity index (χ0v) is 5.93. The van der Waals surface area contributed by atoms with Crippen LogP contribution in [-0.2, 0) is 0 Å². The summed E-state index contributed by atoms with van der Waals surface area (Å²) < 4.78 is 0. The fraction of sp³-hybridized carbons (Fsp3) is 0.750. The molecule has 0 aliphatic heterocycles. The van der Waals surface area contributed by atoms with Gasteiger partial charge in [-0.2, -0.15) is 0 Å². The smallest absolute Gasteiger partial charge is 0.0825 e. The van der Waals surface area contributed by atoms with Gasteiger partial charge >= 0.3 is 0 Å². The van der Waals surface area contributed by atoms with Crippen molar-refractivity contribution in [2.45, 2.75) is 31.8 Å². The van der Waals surface area contributed by atoms with Crippen LogP contribution in [0.2, 0.25) is 0 Å². The highest BCUT2D eigenvalue weighted by Crippen LogP contribution is 2.36. The molecule has 1 unspecified atom stereocenters. The standard InChI is InChI=1S/C8H14O/c1-3-8(2,9)7-5-4-6-7/h3,7,9H,1,4-6H2,2H3. The van der Waals surface area contributed by atoms with Crippen LogP contribution in [0.25, 0.3) is 0 Å². The van der Waals surface area contributed by atoms with Crippen LogP contribution < -0.4 is 0 Å². The molecule has 0 aromatic rings. The Morgan fingerprint density at radius 1 is 1.67 bits per heavy atom. The molecule has 1 heteroatoms. The molecule has 1 aliphatic carbocycles. The molecular weight excluding hydrogens is 112 g/mol. The number of rotatable bonds is 2. The van der Waals surface area contributed by atoms with Gasteiger partial charge in [-0.15, -0.1) is 6.58 Å². The van der Waals surface area contributed by atoms with Gasteiger partial charge < -0.3 is 5.11 Å². The maximum absolute atomic E-state index is 9.52. The second kappa shape index (κ2) is 2.14. The Balaban J connectivity index is 2.46. The monoisotopic (exact) mass is 126 g/mol. The van der Waals surface area contributed by atoms with E-state index in [-0.39, 0.29) is 0 Å². The second-order valence-electron chi connectivity index (χ2n) is 3.06. The molecule has 0 aromatic heterocycles. The van der Waals surface area contributed by atoms with Crippen LogP contribution in [0.3, 0.4) is 0 Å². The van der Waals surface area contributed by atoms with E-state index in [1.54, 1.807) is 6.08 Å². The molecule has 52 valence electrons. The molecule has 9 heavy (non-hydrogen) atoms. The molecule has 1 saturated carbocycles. The summed E-state index contributed by atoms with van der Waals surface area (Å²) >= 11 is 0. The van der Waals surface area contributed by atoms with Gasteiger partial charge in [0.15, 0.2) is 0 Å². The Bertz CT molecular complexity index is 112. The van der Waals surface area contributed by atoms with Gasteiger partial charge in [0.1, 0.15) is 0 Å². The van der Waals surface area contributed by atoms with Crippen molar-refractivity contribution in [2.24, 2.45) is 5.92 Å². The minimum atomic E-state index is -0.599. The number of aliphatic hydroxyl groups is 1. The van der Waals surface area contributed by atoms with Gasteiger partial charge in [-0.25, -0.2) is 0 Å². The van der Waals surface area contributed by atoms with Crippen molar-refractivity contribution in [3.8, 4) is 0 Å². The van der Waals surface area contributed by atoms with E-state index in [0.717, 1.165) is 0 Å². The normalized spacial score (nSPS) is 26.4. The molecule has 1 N–H and O–H groups in total. The third-order valence-corrected chi connectivity index (χ3v) is 2.34. The minimum absolute atomic E-state index is 0.481. The largest absolute Gasteiger partial charge is 0.386 e. The van der Waals surface area contributed by atoms with Gasteiger partial charge in [-0.3, -0.25) is 0 Å². The lowest BCUT2D eigenvalue weighted by Gasteiger charge is -2.36. The van der Waals surface area contributed by atoms with E-state index in [1.165, 1.54) is 19.3 Å². The summed E-state index contributed by atoms with van der Waals surface area (Å²) in [4.78, 5) is 0. The maximum Gasteiger partial charge on any atom is 0.0825 e. The molecule has 1 rings (SSSR count). The molecule has 1 atom stereocenters. The van der Waals surface area contributed by atoms with Crippen LogP contribution in [0.15, 0.2) is 12.7 Å². The minimum Gasteiger partial charge on any atom is -0.386 e. The lowest BCUT2D eigenvalue weighted by molar-refractivity contribution is 0.00801. The third-order valence-electron chi connectivity index (χ3n) is 2.34. The van der Waals surface area contributed by atoms with Crippen molar-refractivity contribution in [3.05, 3.63) is 12.7 Å². The highest BCUT2D eigenvalue weighted by molar-refractivity contribution is 4.99. The fourth-order valence-electron chi connectivity index (χ4n) is 1.16. The molecule has 1 aliphatic rings. The first-order valence-electron chi connectivity index (χ1n) is 3.53.